The highest BCUT2D eigenvalue weighted by molar-refractivity contribution is 8.01. The molecule has 0 aliphatic heterocycles. The Hall–Kier alpha value is -1.99. The summed E-state index contributed by atoms with van der Waals surface area (Å²) in [4.78, 5) is 12.3. The summed E-state index contributed by atoms with van der Waals surface area (Å²) in [5, 5.41) is 0.405. The quantitative estimate of drug-likeness (QED) is 0.285. The van der Waals surface area contributed by atoms with E-state index in [1.54, 1.807) is 11.8 Å². The molecule has 0 atom stereocenters. The van der Waals surface area contributed by atoms with Crippen molar-refractivity contribution < 1.29 is 17.9 Å². The number of Topliss-reactive ketones (excluding diaryl/α,β-unsaturated/α-hetero) is 1. The average Bonchev–Trinajstić information content (AvgIpc) is 2.80. The summed E-state index contributed by atoms with van der Waals surface area (Å²) in [5.41, 5.74) is 4.21. The molecule has 206 valence electrons. The molecule has 2 aromatic rings. The van der Waals surface area contributed by atoms with Gasteiger partial charge in [0, 0.05) is 16.6 Å². The van der Waals surface area contributed by atoms with Crippen molar-refractivity contribution in [2.24, 2.45) is 5.41 Å². The van der Waals surface area contributed by atoms with Gasteiger partial charge in [-0.1, -0.05) is 72.7 Å². The van der Waals surface area contributed by atoms with Crippen LogP contribution in [0.1, 0.15) is 83.6 Å². The van der Waals surface area contributed by atoms with E-state index in [0.29, 0.717) is 16.7 Å². The fourth-order valence-corrected chi connectivity index (χ4v) is 6.79. The molecule has 37 heavy (non-hydrogen) atoms. The molecular formula is C30H45NO4S2. The number of sulfonamides is 1. The van der Waals surface area contributed by atoms with Crippen molar-refractivity contribution in [3.05, 3.63) is 58.7 Å². The molecule has 0 aliphatic carbocycles. The minimum Gasteiger partial charge on any atom is -0.486 e. The molecule has 0 aromatic heterocycles. The molecule has 0 saturated carbocycles. The topological polar surface area (TPSA) is 72.5 Å². The average molecular weight is 548 g/mol. The summed E-state index contributed by atoms with van der Waals surface area (Å²) in [6.07, 6.45) is 1.78. The number of thioether (sulfide) groups is 1. The number of ketones is 1. The molecule has 2 aromatic carbocycles. The predicted octanol–water partition coefficient (Wildman–Crippen LogP) is 7.29. The lowest BCUT2D eigenvalue weighted by molar-refractivity contribution is -0.128. The second kappa shape index (κ2) is 12.7. The molecule has 0 bridgehead atoms. The van der Waals surface area contributed by atoms with Crippen LogP contribution in [0.5, 0.6) is 5.75 Å². The molecule has 0 heterocycles. The Kier molecular flexibility index (Phi) is 10.7. The van der Waals surface area contributed by atoms with Crippen LogP contribution in [-0.4, -0.2) is 37.6 Å². The zero-order valence-electron chi connectivity index (χ0n) is 24.0. The largest absolute Gasteiger partial charge is 0.486 e. The van der Waals surface area contributed by atoms with Crippen LogP contribution in [0.25, 0.3) is 0 Å². The third-order valence-electron chi connectivity index (χ3n) is 6.98. The van der Waals surface area contributed by atoms with E-state index in [1.165, 1.54) is 5.56 Å². The zero-order valence-corrected chi connectivity index (χ0v) is 25.7. The summed E-state index contributed by atoms with van der Waals surface area (Å²) in [6.45, 7) is 18.2. The van der Waals surface area contributed by atoms with Gasteiger partial charge in [0.15, 0.2) is 5.78 Å². The lowest BCUT2D eigenvalue weighted by Crippen LogP contribution is -2.27. The minimum absolute atomic E-state index is 0.0586. The first-order valence-electron chi connectivity index (χ1n) is 13.2. The number of ether oxygens (including phenoxy) is 1. The third kappa shape index (κ3) is 8.25. The van der Waals surface area contributed by atoms with Crippen molar-refractivity contribution in [3.63, 3.8) is 0 Å². The number of benzene rings is 2. The van der Waals surface area contributed by atoms with Crippen LogP contribution in [-0.2, 0) is 20.2 Å². The standard InChI is InChI=1S/C30H45NO4S2/c1-10-30(11-2,25-13-15-27(23(6)19-25)35-20-28(32)29(7,8)9)24-12-14-26(22(5)18-24)31-37(33,34)17-16-36-21(3)4/h12-15,18-19,21,31H,10-11,16-17,20H2,1-9H3. The maximum atomic E-state index is 12.6. The molecule has 7 heteroatoms. The van der Waals surface area contributed by atoms with Crippen LogP contribution in [0.15, 0.2) is 36.4 Å². The Bertz CT molecular complexity index is 1180. The van der Waals surface area contributed by atoms with Gasteiger partial charge in [-0.15, -0.1) is 0 Å². The fraction of sp³-hybridized carbons (Fsp3) is 0.567. The van der Waals surface area contributed by atoms with Gasteiger partial charge in [0.05, 0.1) is 11.4 Å². The number of hydrogen-bond acceptors (Lipinski definition) is 5. The van der Waals surface area contributed by atoms with E-state index in [-0.39, 0.29) is 23.6 Å². The van der Waals surface area contributed by atoms with Gasteiger partial charge in [0.25, 0.3) is 0 Å². The predicted molar refractivity (Wildman–Crippen MR) is 159 cm³/mol. The van der Waals surface area contributed by atoms with Gasteiger partial charge in [-0.25, -0.2) is 8.42 Å². The lowest BCUT2D eigenvalue weighted by atomic mass is 9.70. The summed E-state index contributed by atoms with van der Waals surface area (Å²) >= 11 is 1.64. The maximum Gasteiger partial charge on any atom is 0.233 e. The van der Waals surface area contributed by atoms with E-state index in [0.717, 1.165) is 35.3 Å². The Morgan fingerprint density at radius 3 is 2.03 bits per heavy atom. The summed E-state index contributed by atoms with van der Waals surface area (Å²) < 4.78 is 33.9. The SMILES string of the molecule is CCC(CC)(c1ccc(NS(=O)(=O)CCSC(C)C)c(C)c1)c1ccc(OCC(=O)C(C)(C)C)c(C)c1. The minimum atomic E-state index is -3.40. The molecule has 5 nitrogen and oxygen atoms in total. The molecule has 0 fully saturated rings. The highest BCUT2D eigenvalue weighted by Gasteiger charge is 2.32. The van der Waals surface area contributed by atoms with E-state index in [4.69, 9.17) is 4.74 Å². The number of carbonyl (C=O) groups excluding carboxylic acids is 1. The van der Waals surface area contributed by atoms with Crippen LogP contribution >= 0.6 is 11.8 Å². The molecule has 0 amide bonds. The van der Waals surface area contributed by atoms with Gasteiger partial charge in [0.2, 0.25) is 10.0 Å². The first-order chi connectivity index (χ1) is 17.1. The Labute approximate surface area is 229 Å². The fourth-order valence-electron chi connectivity index (χ4n) is 4.39. The van der Waals surface area contributed by atoms with Gasteiger partial charge in [-0.05, 0) is 66.3 Å². The Morgan fingerprint density at radius 2 is 1.54 bits per heavy atom. The van der Waals surface area contributed by atoms with Crippen molar-refractivity contribution in [2.75, 3.05) is 22.8 Å². The van der Waals surface area contributed by atoms with Gasteiger partial charge < -0.3 is 4.74 Å². The normalized spacial score (nSPS) is 12.6. The summed E-state index contributed by atoms with van der Waals surface area (Å²) in [7, 11) is -3.40. The van der Waals surface area contributed by atoms with Gasteiger partial charge in [-0.2, -0.15) is 11.8 Å². The number of nitrogens with one attached hydrogen (secondary N) is 1. The number of anilines is 1. The number of carbonyl (C=O) groups is 1. The van der Waals surface area contributed by atoms with Crippen molar-refractivity contribution in [2.45, 2.75) is 85.8 Å². The number of hydrogen-bond donors (Lipinski definition) is 1. The van der Waals surface area contributed by atoms with Crippen LogP contribution < -0.4 is 9.46 Å². The van der Waals surface area contributed by atoms with Crippen molar-refractivity contribution >= 4 is 33.3 Å². The van der Waals surface area contributed by atoms with Crippen LogP contribution in [0.3, 0.4) is 0 Å². The highest BCUT2D eigenvalue weighted by Crippen LogP contribution is 2.41. The third-order valence-corrected chi connectivity index (χ3v) is 9.62. The van der Waals surface area contributed by atoms with Crippen LogP contribution in [0.4, 0.5) is 5.69 Å². The second-order valence-electron chi connectivity index (χ2n) is 11.1. The Morgan fingerprint density at radius 1 is 0.973 bits per heavy atom. The lowest BCUT2D eigenvalue weighted by Gasteiger charge is -2.34. The molecule has 0 unspecified atom stereocenters. The van der Waals surface area contributed by atoms with Gasteiger partial charge >= 0.3 is 0 Å². The van der Waals surface area contributed by atoms with E-state index >= 15 is 0 Å². The monoisotopic (exact) mass is 547 g/mol. The second-order valence-corrected chi connectivity index (χ2v) is 14.6. The molecule has 1 N–H and O–H groups in total. The molecular weight excluding hydrogens is 502 g/mol. The van der Waals surface area contributed by atoms with Crippen LogP contribution in [0, 0.1) is 19.3 Å². The first kappa shape index (κ1) is 31.2. The van der Waals surface area contributed by atoms with Gasteiger partial charge in [-0.3, -0.25) is 9.52 Å². The Balaban J connectivity index is 2.31. The smallest absolute Gasteiger partial charge is 0.233 e. The molecule has 0 saturated heterocycles. The van der Waals surface area contributed by atoms with Gasteiger partial charge in [0.1, 0.15) is 12.4 Å². The number of rotatable bonds is 13. The molecule has 2 rings (SSSR count). The van der Waals surface area contributed by atoms with E-state index < -0.39 is 15.4 Å². The van der Waals surface area contributed by atoms with Crippen LogP contribution in [0.2, 0.25) is 0 Å². The molecule has 0 spiro atoms. The molecule has 0 radical (unpaired) electrons. The summed E-state index contributed by atoms with van der Waals surface area (Å²) in [6, 6.07) is 12.3. The zero-order chi connectivity index (χ0) is 28.0. The van der Waals surface area contributed by atoms with E-state index in [9.17, 15) is 13.2 Å². The first-order valence-corrected chi connectivity index (χ1v) is 15.9. The number of aryl methyl sites for hydroxylation is 2. The summed E-state index contributed by atoms with van der Waals surface area (Å²) in [5.74, 6) is 1.46. The van der Waals surface area contributed by atoms with Crippen molar-refractivity contribution in [1.29, 1.82) is 0 Å². The maximum absolute atomic E-state index is 12.6. The highest BCUT2D eigenvalue weighted by atomic mass is 32.2. The van der Waals surface area contributed by atoms with E-state index in [1.807, 2.05) is 52.8 Å². The van der Waals surface area contributed by atoms with Crippen molar-refractivity contribution in [3.8, 4) is 5.75 Å². The van der Waals surface area contributed by atoms with E-state index in [2.05, 4.69) is 50.6 Å². The van der Waals surface area contributed by atoms with Crippen molar-refractivity contribution in [1.82, 2.24) is 0 Å². The molecule has 0 aliphatic rings.